The van der Waals surface area contributed by atoms with E-state index >= 15 is 0 Å². The zero-order chi connectivity index (χ0) is 13.5. The molecule has 4 rings (SSSR count). The van der Waals surface area contributed by atoms with Crippen LogP contribution in [0.5, 0.6) is 0 Å². The Balaban J connectivity index is 1.97. The first-order valence-electron chi connectivity index (χ1n) is 7.32. The molecule has 0 amide bonds. The van der Waals surface area contributed by atoms with Gasteiger partial charge >= 0.3 is 0 Å². The minimum absolute atomic E-state index is 0.428. The van der Waals surface area contributed by atoms with Gasteiger partial charge in [-0.3, -0.25) is 0 Å². The normalized spacial score (nSPS) is 18.1. The zero-order valence-corrected chi connectivity index (χ0v) is 11.7. The van der Waals surface area contributed by atoms with Crippen LogP contribution in [0.1, 0.15) is 22.9 Å². The molecule has 2 heterocycles. The number of rotatable bonds is 1. The van der Waals surface area contributed by atoms with Crippen molar-refractivity contribution in [3.8, 4) is 0 Å². The Bertz CT molecular complexity index is 756. The first-order chi connectivity index (χ1) is 9.86. The van der Waals surface area contributed by atoms with Crippen LogP contribution in [0.15, 0.2) is 54.6 Å². The number of benzene rings is 2. The summed E-state index contributed by atoms with van der Waals surface area (Å²) in [7, 11) is 0. The van der Waals surface area contributed by atoms with Gasteiger partial charge < -0.3 is 9.88 Å². The summed E-state index contributed by atoms with van der Waals surface area (Å²) in [6.07, 6.45) is 0. The SMILES string of the molecule is Cc1c2n(c3ccccc13)CC[NH2+]C2c1ccccc1. The van der Waals surface area contributed by atoms with E-state index in [4.69, 9.17) is 0 Å². The Morgan fingerprint density at radius 3 is 2.60 bits per heavy atom. The molecular weight excluding hydrogens is 244 g/mol. The molecule has 100 valence electrons. The molecule has 20 heavy (non-hydrogen) atoms. The summed E-state index contributed by atoms with van der Waals surface area (Å²) in [5.41, 5.74) is 5.70. The molecule has 2 N–H and O–H groups in total. The number of nitrogens with two attached hydrogens (primary N) is 1. The summed E-state index contributed by atoms with van der Waals surface area (Å²) in [6.45, 7) is 4.51. The second-order valence-corrected chi connectivity index (χ2v) is 5.59. The predicted molar refractivity (Wildman–Crippen MR) is 81.8 cm³/mol. The molecule has 0 bridgehead atoms. The lowest BCUT2D eigenvalue weighted by Gasteiger charge is -2.25. The van der Waals surface area contributed by atoms with Gasteiger partial charge in [0.2, 0.25) is 0 Å². The number of quaternary nitrogens is 1. The van der Waals surface area contributed by atoms with Gasteiger partial charge in [-0.15, -0.1) is 0 Å². The lowest BCUT2D eigenvalue weighted by Crippen LogP contribution is -2.88. The maximum absolute atomic E-state index is 2.52. The van der Waals surface area contributed by atoms with Crippen molar-refractivity contribution in [3.63, 3.8) is 0 Å². The number of para-hydroxylation sites is 1. The molecule has 2 heteroatoms. The third-order valence-corrected chi connectivity index (χ3v) is 4.48. The molecule has 0 aliphatic carbocycles. The summed E-state index contributed by atoms with van der Waals surface area (Å²) in [5.74, 6) is 0. The van der Waals surface area contributed by atoms with Gasteiger partial charge in [0, 0.05) is 16.5 Å². The van der Waals surface area contributed by atoms with Crippen LogP contribution in [0.4, 0.5) is 0 Å². The number of hydrogen-bond donors (Lipinski definition) is 1. The zero-order valence-electron chi connectivity index (χ0n) is 11.7. The van der Waals surface area contributed by atoms with Gasteiger partial charge in [0.25, 0.3) is 0 Å². The van der Waals surface area contributed by atoms with E-state index < -0.39 is 0 Å². The molecule has 1 atom stereocenters. The predicted octanol–water partition coefficient (Wildman–Crippen LogP) is 2.62. The molecular formula is C18H19N2+. The van der Waals surface area contributed by atoms with Gasteiger partial charge in [-0.1, -0.05) is 48.5 Å². The second-order valence-electron chi connectivity index (χ2n) is 5.59. The second kappa shape index (κ2) is 4.50. The van der Waals surface area contributed by atoms with Gasteiger partial charge in [-0.25, -0.2) is 0 Å². The van der Waals surface area contributed by atoms with Crippen molar-refractivity contribution in [2.45, 2.75) is 19.5 Å². The maximum Gasteiger partial charge on any atom is 0.153 e. The fraction of sp³-hybridized carbons (Fsp3) is 0.222. The van der Waals surface area contributed by atoms with Crippen LogP contribution in [0.25, 0.3) is 10.9 Å². The lowest BCUT2D eigenvalue weighted by molar-refractivity contribution is -0.693. The minimum atomic E-state index is 0.428. The van der Waals surface area contributed by atoms with Gasteiger partial charge in [-0.2, -0.15) is 0 Å². The highest BCUT2D eigenvalue weighted by Crippen LogP contribution is 2.32. The van der Waals surface area contributed by atoms with Crippen LogP contribution in [0, 0.1) is 6.92 Å². The highest BCUT2D eigenvalue weighted by Gasteiger charge is 2.29. The number of nitrogens with zero attached hydrogens (tertiary/aromatic N) is 1. The van der Waals surface area contributed by atoms with E-state index in [2.05, 4.69) is 71.4 Å². The smallest absolute Gasteiger partial charge is 0.153 e. The Morgan fingerprint density at radius 1 is 1.00 bits per heavy atom. The van der Waals surface area contributed by atoms with Crippen LogP contribution < -0.4 is 5.32 Å². The summed E-state index contributed by atoms with van der Waals surface area (Å²) >= 11 is 0. The van der Waals surface area contributed by atoms with Crippen LogP contribution in [-0.2, 0) is 6.54 Å². The summed E-state index contributed by atoms with van der Waals surface area (Å²) in [6, 6.07) is 20.1. The van der Waals surface area contributed by atoms with Crippen molar-refractivity contribution in [3.05, 3.63) is 71.4 Å². The van der Waals surface area contributed by atoms with Crippen LogP contribution in [0.3, 0.4) is 0 Å². The summed E-state index contributed by atoms with van der Waals surface area (Å²) in [4.78, 5) is 0. The van der Waals surface area contributed by atoms with Crippen molar-refractivity contribution in [1.82, 2.24) is 4.57 Å². The largest absolute Gasteiger partial charge is 0.334 e. The van der Waals surface area contributed by atoms with Gasteiger partial charge in [0.15, 0.2) is 6.04 Å². The van der Waals surface area contributed by atoms with Crippen LogP contribution in [-0.4, -0.2) is 11.1 Å². The third-order valence-electron chi connectivity index (χ3n) is 4.48. The highest BCUT2D eigenvalue weighted by atomic mass is 15.1. The monoisotopic (exact) mass is 263 g/mol. The quantitative estimate of drug-likeness (QED) is 0.697. The third kappa shape index (κ3) is 1.61. The number of aromatic nitrogens is 1. The van der Waals surface area contributed by atoms with Crippen molar-refractivity contribution in [2.24, 2.45) is 0 Å². The molecule has 0 spiro atoms. The van der Waals surface area contributed by atoms with E-state index in [0.717, 1.165) is 13.1 Å². The fourth-order valence-corrected chi connectivity index (χ4v) is 3.57. The molecule has 0 saturated heterocycles. The molecule has 1 aliphatic heterocycles. The number of hydrogen-bond acceptors (Lipinski definition) is 0. The van der Waals surface area contributed by atoms with Crippen molar-refractivity contribution < 1.29 is 5.32 Å². The number of fused-ring (bicyclic) bond motifs is 3. The van der Waals surface area contributed by atoms with Crippen LogP contribution in [0.2, 0.25) is 0 Å². The Hall–Kier alpha value is -2.06. The molecule has 1 aromatic heterocycles. The fourth-order valence-electron chi connectivity index (χ4n) is 3.57. The minimum Gasteiger partial charge on any atom is -0.334 e. The lowest BCUT2D eigenvalue weighted by atomic mass is 9.99. The van der Waals surface area contributed by atoms with Crippen molar-refractivity contribution in [2.75, 3.05) is 6.54 Å². The van der Waals surface area contributed by atoms with E-state index in [-0.39, 0.29) is 0 Å². The Morgan fingerprint density at radius 2 is 1.75 bits per heavy atom. The molecule has 2 nitrogen and oxygen atoms in total. The molecule has 3 aromatic rings. The van der Waals surface area contributed by atoms with E-state index in [0.29, 0.717) is 6.04 Å². The van der Waals surface area contributed by atoms with Gasteiger partial charge in [0.1, 0.15) is 0 Å². The van der Waals surface area contributed by atoms with Crippen LogP contribution >= 0.6 is 0 Å². The van der Waals surface area contributed by atoms with Gasteiger partial charge in [-0.05, 0) is 18.6 Å². The van der Waals surface area contributed by atoms with E-state index in [1.165, 1.54) is 27.7 Å². The van der Waals surface area contributed by atoms with Crippen molar-refractivity contribution in [1.29, 1.82) is 0 Å². The number of aryl methyl sites for hydroxylation is 1. The molecule has 0 radical (unpaired) electrons. The molecule has 2 aromatic carbocycles. The van der Waals surface area contributed by atoms with E-state index in [9.17, 15) is 0 Å². The maximum atomic E-state index is 2.52. The summed E-state index contributed by atoms with van der Waals surface area (Å²) < 4.78 is 2.52. The van der Waals surface area contributed by atoms with Crippen molar-refractivity contribution >= 4 is 10.9 Å². The molecule has 0 fully saturated rings. The summed E-state index contributed by atoms with van der Waals surface area (Å²) in [5, 5.41) is 3.87. The first kappa shape index (κ1) is 11.7. The Kier molecular flexibility index (Phi) is 2.64. The van der Waals surface area contributed by atoms with E-state index in [1.807, 2.05) is 0 Å². The average molecular weight is 263 g/mol. The first-order valence-corrected chi connectivity index (χ1v) is 7.32. The standard InChI is InChI=1S/C18H18N2/c1-13-15-9-5-6-10-16(15)20-12-11-19-17(18(13)20)14-7-3-2-4-8-14/h2-10,17,19H,11-12H2,1H3/p+1. The molecule has 1 unspecified atom stereocenters. The average Bonchev–Trinajstić information content (AvgIpc) is 2.82. The van der Waals surface area contributed by atoms with E-state index in [1.54, 1.807) is 0 Å². The molecule has 1 aliphatic rings. The Labute approximate surface area is 119 Å². The van der Waals surface area contributed by atoms with Gasteiger partial charge in [0.05, 0.1) is 18.8 Å². The highest BCUT2D eigenvalue weighted by molar-refractivity contribution is 5.85. The molecule has 0 saturated carbocycles. The topological polar surface area (TPSA) is 21.5 Å².